The number of ether oxygens (including phenoxy) is 2. The molecule has 6 rings (SSSR count). The van der Waals surface area contributed by atoms with Gasteiger partial charge in [0, 0.05) is 46.6 Å². The van der Waals surface area contributed by atoms with E-state index < -0.39 is 9.87 Å². The van der Waals surface area contributed by atoms with Gasteiger partial charge in [0.15, 0.2) is 9.87 Å². The van der Waals surface area contributed by atoms with Crippen molar-refractivity contribution in [3.8, 4) is 11.5 Å². The Kier molecular flexibility index (Phi) is 14.9. The number of nitrogens with one attached hydrogen (secondary N) is 2. The Morgan fingerprint density at radius 2 is 1.32 bits per heavy atom. The van der Waals surface area contributed by atoms with Crippen LogP contribution in [0.25, 0.3) is 11.6 Å². The highest BCUT2D eigenvalue weighted by molar-refractivity contribution is 6.38. The first kappa shape index (κ1) is 44.7. The maximum atomic E-state index is 8.04. The maximum Gasteiger partial charge on any atom is 0.181 e. The summed E-state index contributed by atoms with van der Waals surface area (Å²) in [4.78, 5) is 14.8. The standard InChI is InChI=1S/C49H68Cl2N6O2/c1-8-9-10-11-12-13-14-15-16-19-44-45-23-20-38(52-45)34-40-22-25-47(54-40)49(51,48(50)27-26-41(55-48)35-39-21-24-46(44)53-39)37-32-42(58-30-17-28-56(2,3)4)36-43(33-37)59-31-18-29-57(5,6)7/h20-27,32-36,52,54H,8-19,28-31H2,1-7H3/q+2. The van der Waals surface area contributed by atoms with E-state index in [2.05, 4.69) is 89.5 Å². The molecular formula is C49H68Cl2N6O2+2. The molecule has 8 bridgehead atoms. The number of aromatic amines is 2. The normalized spacial score (nSPS) is 20.1. The minimum absolute atomic E-state index is 0.561. The van der Waals surface area contributed by atoms with Crippen LogP contribution in [-0.2, 0) is 4.87 Å². The first-order valence-corrected chi connectivity index (χ1v) is 22.7. The number of hydrogen-bond acceptors (Lipinski definition) is 4. The largest absolute Gasteiger partial charge is 0.493 e. The van der Waals surface area contributed by atoms with E-state index in [0.717, 1.165) is 81.1 Å². The Morgan fingerprint density at radius 3 is 1.97 bits per heavy atom. The van der Waals surface area contributed by atoms with Crippen LogP contribution in [0.1, 0.15) is 101 Å². The predicted molar refractivity (Wildman–Crippen MR) is 249 cm³/mol. The highest BCUT2D eigenvalue weighted by Crippen LogP contribution is 2.53. The van der Waals surface area contributed by atoms with Gasteiger partial charge in [0.25, 0.3) is 0 Å². The summed E-state index contributed by atoms with van der Waals surface area (Å²) in [5, 5.41) is 2.08. The van der Waals surface area contributed by atoms with Crippen molar-refractivity contribution in [1.29, 1.82) is 0 Å². The van der Waals surface area contributed by atoms with Gasteiger partial charge in [-0.05, 0) is 91.3 Å². The Hall–Kier alpha value is -3.82. The summed E-state index contributed by atoms with van der Waals surface area (Å²) in [6, 6.07) is 14.3. The van der Waals surface area contributed by atoms with Crippen molar-refractivity contribution in [3.05, 3.63) is 106 Å². The molecule has 8 nitrogen and oxygen atoms in total. The van der Waals surface area contributed by atoms with Crippen molar-refractivity contribution in [2.45, 2.75) is 93.8 Å². The van der Waals surface area contributed by atoms with Gasteiger partial charge in [0.1, 0.15) is 11.5 Å². The minimum Gasteiger partial charge on any atom is -0.493 e. The van der Waals surface area contributed by atoms with Gasteiger partial charge in [0.2, 0.25) is 0 Å². The van der Waals surface area contributed by atoms with E-state index in [9.17, 15) is 0 Å². The fraction of sp³-hybridized carbons (Fsp3) is 0.510. The summed E-state index contributed by atoms with van der Waals surface area (Å²) in [5.41, 5.74) is 6.06. The van der Waals surface area contributed by atoms with Crippen LogP contribution < -0.4 is 20.2 Å². The van der Waals surface area contributed by atoms with Crippen molar-refractivity contribution >= 4 is 46.3 Å². The number of allylic oxidation sites excluding steroid dienone is 4. The third-order valence-corrected chi connectivity index (χ3v) is 12.5. The molecule has 2 N–H and O–H groups in total. The number of aliphatic imine (C=N–C) groups is 2. The Morgan fingerprint density at radius 1 is 0.678 bits per heavy atom. The van der Waals surface area contributed by atoms with Crippen LogP contribution in [-0.4, -0.2) is 104 Å². The molecule has 0 amide bonds. The van der Waals surface area contributed by atoms with Crippen molar-refractivity contribution in [1.82, 2.24) is 9.97 Å². The number of H-pyrrole nitrogens is 2. The summed E-state index contributed by atoms with van der Waals surface area (Å²) in [6.07, 6.45) is 26.5. The van der Waals surface area contributed by atoms with Crippen LogP contribution in [0, 0.1) is 0 Å². The first-order chi connectivity index (χ1) is 28.1. The smallest absolute Gasteiger partial charge is 0.181 e. The van der Waals surface area contributed by atoms with Crippen LogP contribution in [0.4, 0.5) is 0 Å². The Bertz CT molecular complexity index is 2140. The zero-order chi connectivity index (χ0) is 42.1. The molecule has 318 valence electrons. The molecule has 0 fully saturated rings. The van der Waals surface area contributed by atoms with E-state index in [1.54, 1.807) is 0 Å². The van der Waals surface area contributed by atoms with E-state index in [0.29, 0.717) is 36.1 Å². The summed E-state index contributed by atoms with van der Waals surface area (Å²) in [5.74, 6) is 1.35. The fourth-order valence-electron chi connectivity index (χ4n) is 8.00. The number of nitrogens with zero attached hydrogens (tertiary/aromatic N) is 4. The number of halogens is 2. The van der Waals surface area contributed by atoms with Gasteiger partial charge in [-0.1, -0.05) is 69.9 Å². The molecule has 3 aromatic rings. The SMILES string of the molecule is CCCCCCCCCCCC1=c2ccc([nH]2)=Cc2ccc([nH]2)C(Cl)(c2cc(OCCC[N+](C)(C)C)cc(OCCC[N+](C)(C)C)c2)C2(Cl)C=CC(=N2)C=C2C=CC1=N2. The second-order valence-electron chi connectivity index (χ2n) is 18.6. The number of fused-ring (bicyclic) bond motifs is 6. The van der Waals surface area contributed by atoms with Crippen molar-refractivity contribution in [2.24, 2.45) is 9.98 Å². The van der Waals surface area contributed by atoms with E-state index in [1.807, 2.05) is 48.6 Å². The topological polar surface area (TPSA) is 74.8 Å². The molecule has 2 unspecified atom stereocenters. The molecule has 59 heavy (non-hydrogen) atoms. The molecule has 3 aliphatic heterocycles. The zero-order valence-electron chi connectivity index (χ0n) is 36.7. The maximum absolute atomic E-state index is 8.04. The lowest BCUT2D eigenvalue weighted by Crippen LogP contribution is -2.41. The molecule has 5 heterocycles. The number of hydrogen-bond donors (Lipinski definition) is 2. The molecule has 0 aliphatic carbocycles. The second-order valence-corrected chi connectivity index (χ2v) is 19.7. The fourth-order valence-corrected chi connectivity index (χ4v) is 8.70. The van der Waals surface area contributed by atoms with Gasteiger partial charge in [-0.3, -0.25) is 4.99 Å². The molecule has 0 radical (unpaired) electrons. The predicted octanol–water partition coefficient (Wildman–Crippen LogP) is 9.53. The number of rotatable bonds is 21. The van der Waals surface area contributed by atoms with Crippen molar-refractivity contribution in [3.63, 3.8) is 0 Å². The van der Waals surface area contributed by atoms with E-state index >= 15 is 0 Å². The van der Waals surface area contributed by atoms with Crippen LogP contribution in [0.15, 0.2) is 88.5 Å². The molecule has 0 saturated carbocycles. The van der Waals surface area contributed by atoms with E-state index in [-0.39, 0.29) is 0 Å². The van der Waals surface area contributed by atoms with Gasteiger partial charge in [0.05, 0.1) is 85.7 Å². The molecule has 1 aromatic carbocycles. The summed E-state index contributed by atoms with van der Waals surface area (Å²) in [7, 11) is 13.1. The van der Waals surface area contributed by atoms with Gasteiger partial charge in [-0.25, -0.2) is 4.99 Å². The molecule has 3 aliphatic rings. The van der Waals surface area contributed by atoms with Crippen LogP contribution in [0.3, 0.4) is 0 Å². The Labute approximate surface area is 363 Å². The zero-order valence-corrected chi connectivity index (χ0v) is 38.2. The van der Waals surface area contributed by atoms with Gasteiger partial charge >= 0.3 is 0 Å². The quantitative estimate of drug-likeness (QED) is 0.0486. The number of quaternary nitrogens is 2. The van der Waals surface area contributed by atoms with Crippen molar-refractivity contribution in [2.75, 3.05) is 68.6 Å². The number of benzene rings is 1. The lowest BCUT2D eigenvalue weighted by atomic mass is 9.87. The summed E-state index contributed by atoms with van der Waals surface area (Å²) < 4.78 is 14.6. The van der Waals surface area contributed by atoms with Crippen LogP contribution in [0.5, 0.6) is 11.5 Å². The lowest BCUT2D eigenvalue weighted by molar-refractivity contribution is -0.870. The summed E-state index contributed by atoms with van der Waals surface area (Å²) >= 11 is 15.7. The Balaban J connectivity index is 1.36. The number of alkyl halides is 2. The van der Waals surface area contributed by atoms with E-state index in [1.165, 1.54) is 56.9 Å². The third-order valence-electron chi connectivity index (χ3n) is 11.2. The van der Waals surface area contributed by atoms with Gasteiger partial charge < -0.3 is 28.4 Å². The third kappa shape index (κ3) is 12.2. The van der Waals surface area contributed by atoms with Crippen LogP contribution >= 0.6 is 23.2 Å². The minimum atomic E-state index is -1.40. The monoisotopic (exact) mass is 842 g/mol. The molecule has 2 aromatic heterocycles. The average molecular weight is 844 g/mol. The molecule has 10 heteroatoms. The second kappa shape index (κ2) is 19.7. The first-order valence-electron chi connectivity index (χ1n) is 21.9. The highest BCUT2D eigenvalue weighted by atomic mass is 35.5. The van der Waals surface area contributed by atoms with Crippen molar-refractivity contribution < 1.29 is 18.4 Å². The molecular weight excluding hydrogens is 775 g/mol. The van der Waals surface area contributed by atoms with Gasteiger partial charge in [-0.15, -0.1) is 11.6 Å². The highest BCUT2D eigenvalue weighted by Gasteiger charge is 2.53. The number of unbranched alkanes of at least 4 members (excludes halogenated alkanes) is 8. The average Bonchev–Trinajstić information content (AvgIpc) is 4.01. The lowest BCUT2D eigenvalue weighted by Gasteiger charge is -2.37. The number of aromatic nitrogens is 2. The van der Waals surface area contributed by atoms with Gasteiger partial charge in [-0.2, -0.15) is 0 Å². The molecule has 0 saturated heterocycles. The van der Waals surface area contributed by atoms with E-state index in [4.69, 9.17) is 42.7 Å². The molecule has 0 spiro atoms. The van der Waals surface area contributed by atoms with Crippen LogP contribution in [0.2, 0.25) is 0 Å². The summed E-state index contributed by atoms with van der Waals surface area (Å²) in [6.45, 7) is 5.37. The molecule has 2 atom stereocenters.